The van der Waals surface area contributed by atoms with E-state index in [0.717, 1.165) is 6.42 Å². The summed E-state index contributed by atoms with van der Waals surface area (Å²) in [6.45, 7) is 4.17. The van der Waals surface area contributed by atoms with Crippen molar-refractivity contribution in [1.82, 2.24) is 15.1 Å². The Bertz CT molecular complexity index is 398. The lowest BCUT2D eigenvalue weighted by Gasteiger charge is -2.09. The van der Waals surface area contributed by atoms with Crippen LogP contribution in [0, 0.1) is 5.92 Å². The summed E-state index contributed by atoms with van der Waals surface area (Å²) in [5, 5.41) is 8.16. The van der Waals surface area contributed by atoms with Gasteiger partial charge in [-0.3, -0.25) is 4.79 Å². The van der Waals surface area contributed by atoms with Gasteiger partial charge in [0.2, 0.25) is 11.8 Å². The van der Waals surface area contributed by atoms with E-state index in [4.69, 9.17) is 10.2 Å². The molecule has 0 spiro atoms. The van der Waals surface area contributed by atoms with E-state index >= 15 is 0 Å². The Kier molecular flexibility index (Phi) is 8.05. The van der Waals surface area contributed by atoms with E-state index in [1.807, 2.05) is 0 Å². The van der Waals surface area contributed by atoms with Crippen molar-refractivity contribution in [2.75, 3.05) is 19.8 Å². The smallest absolute Gasteiger partial charge is 0.277 e. The molecule has 0 bridgehead atoms. The van der Waals surface area contributed by atoms with Gasteiger partial charge in [0.15, 0.2) is 0 Å². The third-order valence-corrected chi connectivity index (χ3v) is 3.09. The topological polar surface area (TPSA) is 85.2 Å². The van der Waals surface area contributed by atoms with Crippen molar-refractivity contribution in [2.45, 2.75) is 31.5 Å². The second-order valence-corrected chi connectivity index (χ2v) is 5.65. The second kappa shape index (κ2) is 8.39. The van der Waals surface area contributed by atoms with Crippen LogP contribution in [0.3, 0.4) is 0 Å². The SMILES string of the molecule is CC(C)C[C@H](N)c1nnc(SCC(=O)N(C)C)o1.Cl. The fourth-order valence-electron chi connectivity index (χ4n) is 1.29. The number of nitrogens with zero attached hydrogens (tertiary/aromatic N) is 3. The van der Waals surface area contributed by atoms with Crippen LogP contribution in [-0.2, 0) is 4.79 Å². The lowest BCUT2D eigenvalue weighted by atomic mass is 10.1. The molecule has 19 heavy (non-hydrogen) atoms. The first-order chi connectivity index (χ1) is 8.40. The second-order valence-electron chi connectivity index (χ2n) is 4.72. The van der Waals surface area contributed by atoms with Crippen molar-refractivity contribution in [3.63, 3.8) is 0 Å². The van der Waals surface area contributed by atoms with Gasteiger partial charge in [0.1, 0.15) is 0 Å². The zero-order valence-corrected chi connectivity index (χ0v) is 13.3. The van der Waals surface area contributed by atoms with Gasteiger partial charge in [0, 0.05) is 14.1 Å². The minimum atomic E-state index is -0.239. The minimum Gasteiger partial charge on any atom is -0.414 e. The largest absolute Gasteiger partial charge is 0.414 e. The van der Waals surface area contributed by atoms with Crippen LogP contribution in [-0.4, -0.2) is 40.9 Å². The molecule has 8 heteroatoms. The molecule has 6 nitrogen and oxygen atoms in total. The first kappa shape index (κ1) is 18.2. The van der Waals surface area contributed by atoms with Gasteiger partial charge >= 0.3 is 0 Å². The molecule has 0 saturated carbocycles. The van der Waals surface area contributed by atoms with Crippen molar-refractivity contribution in [2.24, 2.45) is 11.7 Å². The molecule has 0 unspecified atom stereocenters. The molecule has 0 aliphatic carbocycles. The lowest BCUT2D eigenvalue weighted by molar-refractivity contribution is -0.125. The summed E-state index contributed by atoms with van der Waals surface area (Å²) < 4.78 is 5.42. The van der Waals surface area contributed by atoms with Gasteiger partial charge in [-0.2, -0.15) is 0 Å². The Morgan fingerprint density at radius 1 is 1.42 bits per heavy atom. The van der Waals surface area contributed by atoms with Crippen molar-refractivity contribution in [1.29, 1.82) is 0 Å². The highest BCUT2D eigenvalue weighted by atomic mass is 35.5. The Labute approximate surface area is 123 Å². The molecular formula is C11H21ClN4O2S. The lowest BCUT2D eigenvalue weighted by Crippen LogP contribution is -2.23. The van der Waals surface area contributed by atoms with Gasteiger partial charge in [0.25, 0.3) is 5.22 Å². The van der Waals surface area contributed by atoms with E-state index in [1.54, 1.807) is 14.1 Å². The summed E-state index contributed by atoms with van der Waals surface area (Å²) in [4.78, 5) is 12.9. The molecule has 0 radical (unpaired) electrons. The molecule has 110 valence electrons. The van der Waals surface area contributed by atoms with Crippen LogP contribution in [0.5, 0.6) is 0 Å². The molecular weight excluding hydrogens is 288 g/mol. The van der Waals surface area contributed by atoms with E-state index in [9.17, 15) is 4.79 Å². The average Bonchev–Trinajstić information content (AvgIpc) is 2.73. The van der Waals surface area contributed by atoms with Gasteiger partial charge in [-0.15, -0.1) is 22.6 Å². The maximum atomic E-state index is 11.4. The standard InChI is InChI=1S/C11H20N4O2S.ClH/c1-7(2)5-8(12)10-13-14-11(17-10)18-6-9(16)15(3)4;/h7-8H,5-6,12H2,1-4H3;1H/t8-;/m0./s1. The highest BCUT2D eigenvalue weighted by Crippen LogP contribution is 2.22. The quantitative estimate of drug-likeness (QED) is 0.805. The highest BCUT2D eigenvalue weighted by molar-refractivity contribution is 7.99. The van der Waals surface area contributed by atoms with Crippen molar-refractivity contribution >= 4 is 30.1 Å². The highest BCUT2D eigenvalue weighted by Gasteiger charge is 2.16. The molecule has 0 aliphatic rings. The predicted molar refractivity (Wildman–Crippen MR) is 77.3 cm³/mol. The predicted octanol–water partition coefficient (Wildman–Crippen LogP) is 1.72. The summed E-state index contributed by atoms with van der Waals surface area (Å²) in [5.74, 6) is 1.20. The Hall–Kier alpha value is -0.790. The van der Waals surface area contributed by atoms with Crippen LogP contribution in [0.15, 0.2) is 9.64 Å². The molecule has 1 atom stereocenters. The first-order valence-electron chi connectivity index (χ1n) is 5.82. The number of halogens is 1. The zero-order valence-electron chi connectivity index (χ0n) is 11.6. The maximum Gasteiger partial charge on any atom is 0.277 e. The van der Waals surface area contributed by atoms with E-state index in [0.29, 0.717) is 17.0 Å². The molecule has 0 aromatic carbocycles. The fraction of sp³-hybridized carbons (Fsp3) is 0.727. The summed E-state index contributed by atoms with van der Waals surface area (Å²) in [6, 6.07) is -0.239. The molecule has 1 heterocycles. The van der Waals surface area contributed by atoms with Crippen molar-refractivity contribution in [3.05, 3.63) is 5.89 Å². The Morgan fingerprint density at radius 2 is 2.05 bits per heavy atom. The van der Waals surface area contributed by atoms with Gasteiger partial charge in [0.05, 0.1) is 11.8 Å². The molecule has 1 rings (SSSR count). The van der Waals surface area contributed by atoms with Crippen LogP contribution in [0.1, 0.15) is 32.2 Å². The number of rotatable bonds is 6. The Balaban J connectivity index is 0.00000324. The number of carbonyl (C=O) groups excluding carboxylic acids is 1. The van der Waals surface area contributed by atoms with Gasteiger partial charge in [-0.25, -0.2) is 0 Å². The summed E-state index contributed by atoms with van der Waals surface area (Å²) >= 11 is 1.23. The van der Waals surface area contributed by atoms with Gasteiger partial charge in [-0.1, -0.05) is 25.6 Å². The van der Waals surface area contributed by atoms with Gasteiger partial charge < -0.3 is 15.1 Å². The number of hydrogen-bond donors (Lipinski definition) is 1. The normalized spacial score (nSPS) is 12.1. The van der Waals surface area contributed by atoms with E-state index < -0.39 is 0 Å². The van der Waals surface area contributed by atoms with E-state index in [1.165, 1.54) is 16.7 Å². The van der Waals surface area contributed by atoms with Crippen LogP contribution >= 0.6 is 24.2 Å². The Morgan fingerprint density at radius 3 is 2.58 bits per heavy atom. The average molecular weight is 309 g/mol. The number of hydrogen-bond acceptors (Lipinski definition) is 6. The van der Waals surface area contributed by atoms with E-state index in [-0.39, 0.29) is 30.1 Å². The van der Waals surface area contributed by atoms with Crippen LogP contribution in [0.4, 0.5) is 0 Å². The minimum absolute atomic E-state index is 0. The van der Waals surface area contributed by atoms with Crippen LogP contribution < -0.4 is 5.73 Å². The number of thioether (sulfide) groups is 1. The molecule has 2 N–H and O–H groups in total. The number of carbonyl (C=O) groups is 1. The number of aromatic nitrogens is 2. The summed E-state index contributed by atoms with van der Waals surface area (Å²) in [7, 11) is 3.42. The van der Waals surface area contributed by atoms with Crippen molar-refractivity contribution < 1.29 is 9.21 Å². The van der Waals surface area contributed by atoms with Gasteiger partial charge in [-0.05, 0) is 12.3 Å². The molecule has 1 aromatic heterocycles. The van der Waals surface area contributed by atoms with E-state index in [2.05, 4.69) is 24.0 Å². The third-order valence-electron chi connectivity index (χ3n) is 2.28. The van der Waals surface area contributed by atoms with Crippen LogP contribution in [0.25, 0.3) is 0 Å². The molecule has 0 aliphatic heterocycles. The van der Waals surface area contributed by atoms with Crippen LogP contribution in [0.2, 0.25) is 0 Å². The first-order valence-corrected chi connectivity index (χ1v) is 6.80. The molecule has 0 saturated heterocycles. The maximum absolute atomic E-state index is 11.4. The zero-order chi connectivity index (χ0) is 13.7. The fourth-order valence-corrected chi connectivity index (χ4v) is 2.04. The number of amides is 1. The summed E-state index contributed by atoms with van der Waals surface area (Å²) in [5.41, 5.74) is 5.93. The number of nitrogens with two attached hydrogens (primary N) is 1. The summed E-state index contributed by atoms with van der Waals surface area (Å²) in [6.07, 6.45) is 0.795. The molecule has 1 aromatic rings. The molecule has 1 amide bonds. The van der Waals surface area contributed by atoms with Crippen molar-refractivity contribution in [3.8, 4) is 0 Å². The third kappa shape index (κ3) is 6.26. The monoisotopic (exact) mass is 308 g/mol. The molecule has 0 fully saturated rings.